The van der Waals surface area contributed by atoms with Crippen molar-refractivity contribution in [3.63, 3.8) is 0 Å². The highest BCUT2D eigenvalue weighted by atomic mass is 32.2. The highest BCUT2D eigenvalue weighted by Gasteiger charge is 2.30. The minimum atomic E-state index is -4.18. The lowest BCUT2D eigenvalue weighted by Gasteiger charge is -2.19. The number of nitrogens with two attached hydrogens (primary N) is 1. The van der Waals surface area contributed by atoms with E-state index in [1.807, 2.05) is 6.07 Å². The van der Waals surface area contributed by atoms with Crippen molar-refractivity contribution in [2.75, 3.05) is 19.8 Å². The smallest absolute Gasteiger partial charge is 0.293 e. The van der Waals surface area contributed by atoms with Gasteiger partial charge in [0.25, 0.3) is 5.69 Å². The van der Waals surface area contributed by atoms with Crippen LogP contribution in [0.3, 0.4) is 0 Å². The van der Waals surface area contributed by atoms with Crippen LogP contribution < -0.4 is 19.9 Å². The lowest BCUT2D eigenvalue weighted by molar-refractivity contribution is -0.388. The molecule has 0 amide bonds. The van der Waals surface area contributed by atoms with Gasteiger partial charge >= 0.3 is 0 Å². The Morgan fingerprint density at radius 1 is 1.15 bits per heavy atom. The van der Waals surface area contributed by atoms with Crippen molar-refractivity contribution in [3.8, 4) is 11.5 Å². The fourth-order valence-corrected chi connectivity index (χ4v) is 3.74. The molecule has 1 aliphatic rings. The second-order valence-electron chi connectivity index (χ2n) is 5.59. The van der Waals surface area contributed by atoms with Gasteiger partial charge in [0, 0.05) is 18.7 Å². The van der Waals surface area contributed by atoms with Gasteiger partial charge in [-0.25, -0.2) is 13.1 Å². The number of ether oxygens (including phenoxy) is 2. The molecular weight excluding hydrogens is 362 g/mol. The van der Waals surface area contributed by atoms with E-state index in [2.05, 4.69) is 4.72 Å². The van der Waals surface area contributed by atoms with E-state index in [0.29, 0.717) is 0 Å². The summed E-state index contributed by atoms with van der Waals surface area (Å²) in [7, 11) is -4.18. The predicted octanol–water partition coefficient (Wildman–Crippen LogP) is 1.34. The van der Waals surface area contributed by atoms with Crippen LogP contribution in [0.1, 0.15) is 11.6 Å². The molecule has 1 atom stereocenters. The van der Waals surface area contributed by atoms with Gasteiger partial charge in [0.1, 0.15) is 13.2 Å². The first kappa shape index (κ1) is 18.1. The van der Waals surface area contributed by atoms with Crippen LogP contribution in [0.2, 0.25) is 0 Å². The number of sulfonamides is 1. The third-order valence-corrected chi connectivity index (χ3v) is 5.28. The minimum Gasteiger partial charge on any atom is -0.486 e. The van der Waals surface area contributed by atoms with Crippen molar-refractivity contribution in [1.29, 1.82) is 0 Å². The van der Waals surface area contributed by atoms with Crippen LogP contribution in [0.25, 0.3) is 0 Å². The van der Waals surface area contributed by atoms with Crippen LogP contribution in [0.5, 0.6) is 11.5 Å². The molecule has 3 rings (SSSR count). The van der Waals surface area contributed by atoms with Crippen molar-refractivity contribution < 1.29 is 22.8 Å². The molecule has 1 heterocycles. The Labute approximate surface area is 149 Å². The first-order valence-corrected chi connectivity index (χ1v) is 9.25. The summed E-state index contributed by atoms with van der Waals surface area (Å²) in [4.78, 5) is 10.0. The van der Waals surface area contributed by atoms with Crippen molar-refractivity contribution in [2.45, 2.75) is 10.9 Å². The molecular formula is C16H17N3O6S. The molecule has 2 aromatic carbocycles. The minimum absolute atomic E-state index is 0.113. The number of nitrogens with zero attached hydrogens (tertiary/aromatic N) is 1. The van der Waals surface area contributed by atoms with Crippen molar-refractivity contribution in [2.24, 2.45) is 5.73 Å². The van der Waals surface area contributed by atoms with E-state index in [4.69, 9.17) is 15.2 Å². The maximum Gasteiger partial charge on any atom is 0.293 e. The number of benzene rings is 2. The summed E-state index contributed by atoms with van der Waals surface area (Å²) in [6, 6.07) is 10.5. The molecule has 3 N–H and O–H groups in total. The third kappa shape index (κ3) is 3.77. The first-order chi connectivity index (χ1) is 12.4. The highest BCUT2D eigenvalue weighted by Crippen LogP contribution is 2.38. The zero-order valence-electron chi connectivity index (χ0n) is 13.6. The number of hydrogen-bond acceptors (Lipinski definition) is 7. The van der Waals surface area contributed by atoms with Gasteiger partial charge in [-0.15, -0.1) is 0 Å². The molecule has 1 aliphatic heterocycles. The fraction of sp³-hybridized carbons (Fsp3) is 0.250. The summed E-state index contributed by atoms with van der Waals surface area (Å²) in [6.07, 6.45) is 0. The Kier molecular flexibility index (Phi) is 5.07. The largest absolute Gasteiger partial charge is 0.486 e. The number of nitro benzene ring substituents is 1. The van der Waals surface area contributed by atoms with E-state index >= 15 is 0 Å². The summed E-state index contributed by atoms with van der Waals surface area (Å²) in [5.74, 6) is 0.289. The lowest BCUT2D eigenvalue weighted by atomic mass is 10.1. The topological polar surface area (TPSA) is 134 Å². The standard InChI is InChI=1S/C16H17N3O6S/c17-12(11-4-2-1-3-5-11)10-18-26(22,23)16-9-15-14(24-6-7-25-15)8-13(16)19(20)21/h1-5,8-9,12,18H,6-7,10,17H2. The third-order valence-electron chi connectivity index (χ3n) is 3.83. The van der Waals surface area contributed by atoms with E-state index in [1.165, 1.54) is 0 Å². The Morgan fingerprint density at radius 2 is 1.77 bits per heavy atom. The second-order valence-corrected chi connectivity index (χ2v) is 7.33. The molecule has 0 bridgehead atoms. The van der Waals surface area contributed by atoms with Gasteiger partial charge in [0.05, 0.1) is 11.0 Å². The SMILES string of the molecule is NC(CNS(=O)(=O)c1cc2c(cc1[N+](=O)[O-])OCCO2)c1ccccc1. The van der Waals surface area contributed by atoms with Crippen LogP contribution in [0, 0.1) is 10.1 Å². The highest BCUT2D eigenvalue weighted by molar-refractivity contribution is 7.89. The van der Waals surface area contributed by atoms with Gasteiger partial charge in [-0.2, -0.15) is 0 Å². The van der Waals surface area contributed by atoms with E-state index in [-0.39, 0.29) is 31.3 Å². The predicted molar refractivity (Wildman–Crippen MR) is 92.6 cm³/mol. The molecule has 1 unspecified atom stereocenters. The van der Waals surface area contributed by atoms with Crippen molar-refractivity contribution in [3.05, 3.63) is 58.1 Å². The van der Waals surface area contributed by atoms with E-state index < -0.39 is 31.6 Å². The molecule has 0 saturated carbocycles. The quantitative estimate of drug-likeness (QED) is 0.571. The average Bonchev–Trinajstić information content (AvgIpc) is 2.65. The van der Waals surface area contributed by atoms with Gasteiger partial charge in [0.15, 0.2) is 16.4 Å². The fourth-order valence-electron chi connectivity index (χ4n) is 2.51. The Morgan fingerprint density at radius 3 is 2.38 bits per heavy atom. The summed E-state index contributed by atoms with van der Waals surface area (Å²) in [5, 5.41) is 11.3. The molecule has 0 saturated heterocycles. The zero-order chi connectivity index (χ0) is 18.7. The monoisotopic (exact) mass is 379 g/mol. The molecule has 0 spiro atoms. The molecule has 0 aliphatic carbocycles. The molecule has 138 valence electrons. The van der Waals surface area contributed by atoms with Gasteiger partial charge in [-0.1, -0.05) is 30.3 Å². The average molecular weight is 379 g/mol. The number of nitrogens with one attached hydrogen (secondary N) is 1. The number of nitro groups is 1. The summed E-state index contributed by atoms with van der Waals surface area (Å²) < 4.78 is 38.1. The molecule has 10 heteroatoms. The number of fused-ring (bicyclic) bond motifs is 1. The Hall–Kier alpha value is -2.69. The first-order valence-electron chi connectivity index (χ1n) is 7.77. The number of hydrogen-bond donors (Lipinski definition) is 2. The molecule has 9 nitrogen and oxygen atoms in total. The van der Waals surface area contributed by atoms with Crippen LogP contribution in [0.15, 0.2) is 47.4 Å². The molecule has 0 aromatic heterocycles. The molecule has 0 fully saturated rings. The van der Waals surface area contributed by atoms with Gasteiger partial charge in [-0.05, 0) is 5.56 Å². The van der Waals surface area contributed by atoms with Crippen LogP contribution >= 0.6 is 0 Å². The molecule has 2 aromatic rings. The summed E-state index contributed by atoms with van der Waals surface area (Å²) in [6.45, 7) is 0.356. The molecule has 26 heavy (non-hydrogen) atoms. The second kappa shape index (κ2) is 7.28. The van der Waals surface area contributed by atoms with E-state index in [1.54, 1.807) is 24.3 Å². The summed E-state index contributed by atoms with van der Waals surface area (Å²) >= 11 is 0. The van der Waals surface area contributed by atoms with Crippen molar-refractivity contribution >= 4 is 15.7 Å². The van der Waals surface area contributed by atoms with Gasteiger partial charge in [0.2, 0.25) is 10.0 Å². The molecule has 0 radical (unpaired) electrons. The van der Waals surface area contributed by atoms with E-state index in [9.17, 15) is 18.5 Å². The van der Waals surface area contributed by atoms with Gasteiger partial charge < -0.3 is 15.2 Å². The van der Waals surface area contributed by atoms with Crippen molar-refractivity contribution in [1.82, 2.24) is 4.72 Å². The van der Waals surface area contributed by atoms with Crippen LogP contribution in [-0.4, -0.2) is 33.1 Å². The zero-order valence-corrected chi connectivity index (χ0v) is 14.4. The lowest BCUT2D eigenvalue weighted by Crippen LogP contribution is -2.32. The maximum atomic E-state index is 12.6. The van der Waals surface area contributed by atoms with Crippen LogP contribution in [-0.2, 0) is 10.0 Å². The maximum absolute atomic E-state index is 12.6. The van der Waals surface area contributed by atoms with Gasteiger partial charge in [-0.3, -0.25) is 10.1 Å². The number of rotatable bonds is 6. The van der Waals surface area contributed by atoms with E-state index in [0.717, 1.165) is 17.7 Å². The Balaban J connectivity index is 1.87. The summed E-state index contributed by atoms with van der Waals surface area (Å²) in [5.41, 5.74) is 6.14. The Bertz CT molecular complexity index is 917. The normalized spacial score (nSPS) is 14.7. The van der Waals surface area contributed by atoms with Crippen LogP contribution in [0.4, 0.5) is 5.69 Å².